The first-order valence-corrected chi connectivity index (χ1v) is 8.44. The van der Waals surface area contributed by atoms with Gasteiger partial charge in [0, 0.05) is 18.6 Å². The molecule has 1 heterocycles. The molecule has 0 spiro atoms. The summed E-state index contributed by atoms with van der Waals surface area (Å²) >= 11 is 0. The third kappa shape index (κ3) is 4.04. The molecule has 2 fully saturated rings. The molecule has 0 amide bonds. The van der Waals surface area contributed by atoms with E-state index in [1.807, 2.05) is 12.1 Å². The van der Waals surface area contributed by atoms with Gasteiger partial charge in [0.1, 0.15) is 5.82 Å². The smallest absolute Gasteiger partial charge is 0.126 e. The molecule has 2 aliphatic rings. The lowest BCUT2D eigenvalue weighted by molar-refractivity contribution is 0.150. The molecular weight excluding hydrogens is 263 g/mol. The molecule has 1 aliphatic heterocycles. The van der Waals surface area contributed by atoms with Crippen molar-refractivity contribution in [2.75, 3.05) is 19.6 Å². The van der Waals surface area contributed by atoms with Crippen LogP contribution < -0.4 is 5.32 Å². The Morgan fingerprint density at radius 3 is 2.57 bits per heavy atom. The van der Waals surface area contributed by atoms with Gasteiger partial charge in [0.2, 0.25) is 0 Å². The topological polar surface area (TPSA) is 15.3 Å². The van der Waals surface area contributed by atoms with E-state index in [4.69, 9.17) is 0 Å². The first-order chi connectivity index (χ1) is 10.2. The van der Waals surface area contributed by atoms with Crippen molar-refractivity contribution in [3.05, 3.63) is 35.6 Å². The van der Waals surface area contributed by atoms with Crippen LogP contribution in [0.25, 0.3) is 0 Å². The Balaban J connectivity index is 1.61. The zero-order valence-electron chi connectivity index (χ0n) is 13.0. The van der Waals surface area contributed by atoms with Crippen LogP contribution in [0.2, 0.25) is 0 Å². The lowest BCUT2D eigenvalue weighted by Crippen LogP contribution is -2.42. The van der Waals surface area contributed by atoms with Gasteiger partial charge in [-0.2, -0.15) is 0 Å². The van der Waals surface area contributed by atoms with Crippen LogP contribution >= 0.6 is 0 Å². The molecule has 3 rings (SSSR count). The van der Waals surface area contributed by atoms with Gasteiger partial charge in [-0.25, -0.2) is 4.39 Å². The minimum Gasteiger partial charge on any atom is -0.317 e. The first-order valence-electron chi connectivity index (χ1n) is 8.44. The number of halogens is 1. The van der Waals surface area contributed by atoms with Gasteiger partial charge in [-0.3, -0.25) is 4.90 Å². The van der Waals surface area contributed by atoms with Gasteiger partial charge in [-0.15, -0.1) is 0 Å². The van der Waals surface area contributed by atoms with E-state index in [0.717, 1.165) is 37.0 Å². The van der Waals surface area contributed by atoms with Crippen LogP contribution in [0.4, 0.5) is 4.39 Å². The van der Waals surface area contributed by atoms with Crippen molar-refractivity contribution in [2.45, 2.75) is 51.1 Å². The number of rotatable bonds is 6. The van der Waals surface area contributed by atoms with Crippen LogP contribution in [-0.4, -0.2) is 36.6 Å². The summed E-state index contributed by atoms with van der Waals surface area (Å²) in [6.07, 6.45) is 6.05. The molecule has 1 aromatic carbocycles. The molecule has 0 bridgehead atoms. The minimum atomic E-state index is -0.0537. The summed E-state index contributed by atoms with van der Waals surface area (Å²) in [6.45, 7) is 5.78. The number of hydrogen-bond donors (Lipinski definition) is 1. The number of nitrogens with one attached hydrogen (secondary N) is 1. The Labute approximate surface area is 127 Å². The predicted molar refractivity (Wildman–Crippen MR) is 84.9 cm³/mol. The predicted octanol–water partition coefficient (Wildman–Crippen LogP) is 3.22. The van der Waals surface area contributed by atoms with Crippen LogP contribution in [0.15, 0.2) is 24.3 Å². The molecular formula is C18H27FN2. The van der Waals surface area contributed by atoms with Crippen molar-refractivity contribution >= 4 is 0 Å². The van der Waals surface area contributed by atoms with Gasteiger partial charge in [0.15, 0.2) is 0 Å². The summed E-state index contributed by atoms with van der Waals surface area (Å²) in [6, 6.07) is 8.42. The van der Waals surface area contributed by atoms with Crippen molar-refractivity contribution in [1.82, 2.24) is 10.2 Å². The van der Waals surface area contributed by atoms with E-state index in [9.17, 15) is 4.39 Å². The van der Waals surface area contributed by atoms with Crippen LogP contribution in [0.3, 0.4) is 0 Å². The number of piperidine rings is 1. The van der Waals surface area contributed by atoms with E-state index < -0.39 is 0 Å². The maximum absolute atomic E-state index is 13.9. The number of benzene rings is 1. The monoisotopic (exact) mass is 290 g/mol. The summed E-state index contributed by atoms with van der Waals surface area (Å²) in [5.41, 5.74) is 0.862. The summed E-state index contributed by atoms with van der Waals surface area (Å²) in [5.74, 6) is 0.761. The Kier molecular flexibility index (Phi) is 4.91. The van der Waals surface area contributed by atoms with E-state index in [0.29, 0.717) is 6.04 Å². The molecule has 21 heavy (non-hydrogen) atoms. The molecule has 1 saturated heterocycles. The van der Waals surface area contributed by atoms with Crippen molar-refractivity contribution in [2.24, 2.45) is 5.92 Å². The number of hydrogen-bond acceptors (Lipinski definition) is 2. The highest BCUT2D eigenvalue weighted by Gasteiger charge is 2.34. The van der Waals surface area contributed by atoms with Crippen molar-refractivity contribution in [3.8, 4) is 0 Å². The standard InChI is InChI=1S/C18H27FN2/c1-14(12-16-4-2-3-5-18(16)19)21(17-6-7-17)13-15-8-10-20-11-9-15/h2-5,14-15,17,20H,6-13H2,1H3. The fourth-order valence-electron chi connectivity index (χ4n) is 3.56. The van der Waals surface area contributed by atoms with Gasteiger partial charge in [-0.1, -0.05) is 18.2 Å². The lowest BCUT2D eigenvalue weighted by atomic mass is 9.96. The summed E-state index contributed by atoms with van der Waals surface area (Å²) in [5, 5.41) is 3.44. The van der Waals surface area contributed by atoms with Gasteiger partial charge in [-0.05, 0) is 69.7 Å². The highest BCUT2D eigenvalue weighted by atomic mass is 19.1. The second-order valence-electron chi connectivity index (χ2n) is 6.77. The van der Waals surface area contributed by atoms with Crippen LogP contribution in [-0.2, 0) is 6.42 Å². The Bertz CT molecular complexity index is 452. The molecule has 1 unspecified atom stereocenters. The lowest BCUT2D eigenvalue weighted by Gasteiger charge is -2.34. The molecule has 116 valence electrons. The molecule has 0 aromatic heterocycles. The Hall–Kier alpha value is -0.930. The van der Waals surface area contributed by atoms with Crippen molar-refractivity contribution in [3.63, 3.8) is 0 Å². The van der Waals surface area contributed by atoms with E-state index >= 15 is 0 Å². The number of nitrogens with zero attached hydrogens (tertiary/aromatic N) is 1. The summed E-state index contributed by atoms with van der Waals surface area (Å²) in [4.78, 5) is 2.66. The maximum Gasteiger partial charge on any atom is 0.126 e. The summed E-state index contributed by atoms with van der Waals surface area (Å²) in [7, 11) is 0. The van der Waals surface area contributed by atoms with E-state index in [1.165, 1.54) is 32.2 Å². The van der Waals surface area contributed by atoms with E-state index in [-0.39, 0.29) is 5.82 Å². The zero-order chi connectivity index (χ0) is 14.7. The third-order valence-corrected chi connectivity index (χ3v) is 4.98. The molecule has 0 radical (unpaired) electrons. The molecule has 1 saturated carbocycles. The zero-order valence-corrected chi connectivity index (χ0v) is 13.0. The largest absolute Gasteiger partial charge is 0.317 e. The van der Waals surface area contributed by atoms with Gasteiger partial charge in [0.25, 0.3) is 0 Å². The fraction of sp³-hybridized carbons (Fsp3) is 0.667. The molecule has 2 nitrogen and oxygen atoms in total. The van der Waals surface area contributed by atoms with Crippen LogP contribution in [0, 0.1) is 11.7 Å². The Morgan fingerprint density at radius 1 is 1.19 bits per heavy atom. The first kappa shape index (κ1) is 15.0. The average Bonchev–Trinajstić information content (AvgIpc) is 3.33. The van der Waals surface area contributed by atoms with Crippen LogP contribution in [0.1, 0.15) is 38.2 Å². The average molecular weight is 290 g/mol. The summed E-state index contributed by atoms with van der Waals surface area (Å²) < 4.78 is 13.9. The second-order valence-corrected chi connectivity index (χ2v) is 6.77. The van der Waals surface area contributed by atoms with Gasteiger partial charge >= 0.3 is 0 Å². The SMILES string of the molecule is CC(Cc1ccccc1F)N(CC1CCNCC1)C1CC1. The quantitative estimate of drug-likeness (QED) is 0.865. The van der Waals surface area contributed by atoms with Gasteiger partial charge < -0.3 is 5.32 Å². The Morgan fingerprint density at radius 2 is 1.90 bits per heavy atom. The minimum absolute atomic E-state index is 0.0537. The normalized spacial score (nSPS) is 21.7. The highest BCUT2D eigenvalue weighted by molar-refractivity contribution is 5.18. The van der Waals surface area contributed by atoms with E-state index in [2.05, 4.69) is 17.1 Å². The second kappa shape index (κ2) is 6.89. The molecule has 3 heteroatoms. The molecule has 1 atom stereocenters. The maximum atomic E-state index is 13.9. The third-order valence-electron chi connectivity index (χ3n) is 4.98. The molecule has 1 aromatic rings. The van der Waals surface area contributed by atoms with Crippen LogP contribution in [0.5, 0.6) is 0 Å². The van der Waals surface area contributed by atoms with Gasteiger partial charge in [0.05, 0.1) is 0 Å². The highest BCUT2D eigenvalue weighted by Crippen LogP contribution is 2.31. The molecule has 1 N–H and O–H groups in total. The van der Waals surface area contributed by atoms with Crippen molar-refractivity contribution < 1.29 is 4.39 Å². The van der Waals surface area contributed by atoms with E-state index in [1.54, 1.807) is 12.1 Å². The molecule has 1 aliphatic carbocycles. The fourth-order valence-corrected chi connectivity index (χ4v) is 3.56. The van der Waals surface area contributed by atoms with Crippen molar-refractivity contribution in [1.29, 1.82) is 0 Å².